The lowest BCUT2D eigenvalue weighted by atomic mass is 10.3. The molecule has 0 saturated heterocycles. The van der Waals surface area contributed by atoms with Crippen LogP contribution in [0.3, 0.4) is 0 Å². The molecule has 2 heterocycles. The van der Waals surface area contributed by atoms with Gasteiger partial charge in [0.1, 0.15) is 0 Å². The molecule has 0 bridgehead atoms. The Kier molecular flexibility index (Phi) is 2.71. The van der Waals surface area contributed by atoms with Crippen LogP contribution in [0.5, 0.6) is 0 Å². The van der Waals surface area contributed by atoms with Crippen LogP contribution < -0.4 is 0 Å². The van der Waals surface area contributed by atoms with E-state index in [-0.39, 0.29) is 5.25 Å². The molecule has 0 aliphatic carbocycles. The van der Waals surface area contributed by atoms with Gasteiger partial charge >= 0.3 is 0 Å². The fraction of sp³-hybridized carbons (Fsp3) is 0.222. The lowest BCUT2D eigenvalue weighted by molar-refractivity contribution is 0.692. The summed E-state index contributed by atoms with van der Waals surface area (Å²) >= 11 is 6.28. The second-order valence-electron chi connectivity index (χ2n) is 2.79. The van der Waals surface area contributed by atoms with Crippen LogP contribution in [0.15, 0.2) is 36.2 Å². The zero-order chi connectivity index (χ0) is 9.10. The normalized spacial score (nSPS) is 13.0. The number of rotatable bonds is 3. The largest absolute Gasteiger partial charge is 0.336 e. The van der Waals surface area contributed by atoms with Crippen molar-refractivity contribution in [2.45, 2.75) is 11.8 Å². The van der Waals surface area contributed by atoms with Gasteiger partial charge in [0.25, 0.3) is 0 Å². The molecule has 4 heteroatoms. The van der Waals surface area contributed by atoms with Crippen molar-refractivity contribution in [1.29, 1.82) is 0 Å². The van der Waals surface area contributed by atoms with Gasteiger partial charge in [-0.3, -0.25) is 0 Å². The summed E-state index contributed by atoms with van der Waals surface area (Å²) < 4.78 is 2.04. The van der Waals surface area contributed by atoms with Crippen molar-refractivity contribution in [3.63, 3.8) is 0 Å². The van der Waals surface area contributed by atoms with Crippen molar-refractivity contribution >= 4 is 24.0 Å². The maximum atomic E-state index is 4.53. The molecule has 0 spiro atoms. The van der Waals surface area contributed by atoms with Crippen LogP contribution in [0.4, 0.5) is 0 Å². The molecule has 0 aromatic carbocycles. The number of hydrogen-bond acceptors (Lipinski definition) is 3. The molecule has 2 rings (SSSR count). The summed E-state index contributed by atoms with van der Waals surface area (Å²) in [6, 6.07) is 4.16. The number of nitrogens with zero attached hydrogens (tertiary/aromatic N) is 2. The molecule has 68 valence electrons. The molecular formula is C9H10N2S2. The van der Waals surface area contributed by atoms with E-state index in [1.807, 2.05) is 17.1 Å². The van der Waals surface area contributed by atoms with Gasteiger partial charge < -0.3 is 4.57 Å². The monoisotopic (exact) mass is 210 g/mol. The topological polar surface area (TPSA) is 17.8 Å². The molecule has 0 fully saturated rings. The number of thiophene rings is 1. The summed E-state index contributed by atoms with van der Waals surface area (Å²) in [5, 5.41) is 2.35. The first-order valence-corrected chi connectivity index (χ1v) is 5.43. The summed E-state index contributed by atoms with van der Waals surface area (Å²) in [4.78, 5) is 5.29. The maximum Gasteiger partial charge on any atom is 0.0946 e. The van der Waals surface area contributed by atoms with Gasteiger partial charge in [0.05, 0.1) is 11.6 Å². The summed E-state index contributed by atoms with van der Waals surface area (Å²) in [5.41, 5.74) is 0. The van der Waals surface area contributed by atoms with E-state index in [9.17, 15) is 0 Å². The van der Waals surface area contributed by atoms with Gasteiger partial charge in [-0.25, -0.2) is 4.98 Å². The van der Waals surface area contributed by atoms with Crippen LogP contribution in [0.1, 0.15) is 10.1 Å². The van der Waals surface area contributed by atoms with Crippen LogP contribution in [0.25, 0.3) is 0 Å². The third kappa shape index (κ3) is 2.14. The first-order chi connectivity index (χ1) is 6.36. The molecular weight excluding hydrogens is 200 g/mol. The Labute approximate surface area is 86.7 Å². The van der Waals surface area contributed by atoms with Crippen molar-refractivity contribution in [1.82, 2.24) is 9.55 Å². The second kappa shape index (κ2) is 3.98. The SMILES string of the molecule is SC(Cn1ccnc1)c1cccs1. The average molecular weight is 210 g/mol. The zero-order valence-corrected chi connectivity index (χ0v) is 8.71. The second-order valence-corrected chi connectivity index (χ2v) is 4.39. The minimum Gasteiger partial charge on any atom is -0.336 e. The quantitative estimate of drug-likeness (QED) is 0.771. The molecule has 1 unspecified atom stereocenters. The molecule has 2 aromatic rings. The zero-order valence-electron chi connectivity index (χ0n) is 7.00. The van der Waals surface area contributed by atoms with Gasteiger partial charge in [0.15, 0.2) is 0 Å². The first-order valence-electron chi connectivity index (χ1n) is 4.03. The van der Waals surface area contributed by atoms with Crippen LogP contribution in [-0.4, -0.2) is 9.55 Å². The van der Waals surface area contributed by atoms with E-state index in [0.717, 1.165) is 6.54 Å². The minimum atomic E-state index is 0.272. The molecule has 0 amide bonds. The Morgan fingerprint density at radius 1 is 1.62 bits per heavy atom. The van der Waals surface area contributed by atoms with E-state index in [0.29, 0.717) is 0 Å². The fourth-order valence-corrected chi connectivity index (χ4v) is 2.33. The van der Waals surface area contributed by atoms with Crippen molar-refractivity contribution < 1.29 is 0 Å². The Morgan fingerprint density at radius 2 is 2.54 bits per heavy atom. The molecule has 0 radical (unpaired) electrons. The lowest BCUT2D eigenvalue weighted by Gasteiger charge is -2.08. The highest BCUT2D eigenvalue weighted by Crippen LogP contribution is 2.25. The summed E-state index contributed by atoms with van der Waals surface area (Å²) in [6.45, 7) is 0.879. The third-order valence-electron chi connectivity index (χ3n) is 1.81. The van der Waals surface area contributed by atoms with E-state index in [1.54, 1.807) is 17.5 Å². The van der Waals surface area contributed by atoms with Crippen LogP contribution in [-0.2, 0) is 6.54 Å². The van der Waals surface area contributed by atoms with Gasteiger partial charge in [-0.05, 0) is 11.4 Å². The number of hydrogen-bond donors (Lipinski definition) is 1. The predicted molar refractivity (Wildman–Crippen MR) is 58.3 cm³/mol. The van der Waals surface area contributed by atoms with Crippen molar-refractivity contribution in [2.75, 3.05) is 0 Å². The Morgan fingerprint density at radius 3 is 3.15 bits per heavy atom. The van der Waals surface area contributed by atoms with Crippen molar-refractivity contribution in [2.24, 2.45) is 0 Å². The van der Waals surface area contributed by atoms with Gasteiger partial charge in [-0.1, -0.05) is 6.07 Å². The summed E-state index contributed by atoms with van der Waals surface area (Å²) in [5.74, 6) is 0. The highest BCUT2D eigenvalue weighted by Gasteiger charge is 2.07. The summed E-state index contributed by atoms with van der Waals surface area (Å²) in [6.07, 6.45) is 5.56. The minimum absolute atomic E-state index is 0.272. The van der Waals surface area contributed by atoms with Crippen molar-refractivity contribution in [3.05, 3.63) is 41.1 Å². The lowest BCUT2D eigenvalue weighted by Crippen LogP contribution is -2.00. The fourth-order valence-electron chi connectivity index (χ4n) is 1.17. The van der Waals surface area contributed by atoms with E-state index in [1.165, 1.54) is 4.88 Å². The first kappa shape index (κ1) is 8.84. The van der Waals surface area contributed by atoms with Gasteiger partial charge in [0.2, 0.25) is 0 Å². The van der Waals surface area contributed by atoms with Crippen LogP contribution >= 0.6 is 24.0 Å². The van der Waals surface area contributed by atoms with E-state index in [2.05, 4.69) is 35.1 Å². The number of imidazole rings is 1. The predicted octanol–water partition coefficient (Wildman–Crippen LogP) is 2.62. The molecule has 13 heavy (non-hydrogen) atoms. The van der Waals surface area contributed by atoms with E-state index < -0.39 is 0 Å². The van der Waals surface area contributed by atoms with Gasteiger partial charge in [-0.2, -0.15) is 12.6 Å². The number of aromatic nitrogens is 2. The smallest absolute Gasteiger partial charge is 0.0946 e. The Bertz CT molecular complexity index is 340. The van der Waals surface area contributed by atoms with Crippen molar-refractivity contribution in [3.8, 4) is 0 Å². The molecule has 2 aromatic heterocycles. The van der Waals surface area contributed by atoms with Gasteiger partial charge in [0, 0.05) is 23.8 Å². The van der Waals surface area contributed by atoms with Crippen LogP contribution in [0, 0.1) is 0 Å². The van der Waals surface area contributed by atoms with Crippen LogP contribution in [0.2, 0.25) is 0 Å². The average Bonchev–Trinajstić information content (AvgIpc) is 2.74. The standard InChI is InChI=1S/C9H10N2S2/c12-8(9-2-1-5-13-9)6-11-4-3-10-7-11/h1-5,7-8,12H,6H2. The molecule has 1 atom stereocenters. The molecule has 0 N–H and O–H groups in total. The summed E-state index contributed by atoms with van der Waals surface area (Å²) in [7, 11) is 0. The Hall–Kier alpha value is -0.740. The van der Waals surface area contributed by atoms with E-state index >= 15 is 0 Å². The highest BCUT2D eigenvalue weighted by molar-refractivity contribution is 7.80. The maximum absolute atomic E-state index is 4.53. The molecule has 0 aliphatic rings. The molecule has 0 aliphatic heterocycles. The molecule has 0 saturated carbocycles. The van der Waals surface area contributed by atoms with E-state index in [4.69, 9.17) is 0 Å². The third-order valence-corrected chi connectivity index (χ3v) is 3.42. The number of thiol groups is 1. The molecule has 2 nitrogen and oxygen atoms in total. The highest BCUT2D eigenvalue weighted by atomic mass is 32.1. The Balaban J connectivity index is 2.04. The van der Waals surface area contributed by atoms with Gasteiger partial charge in [-0.15, -0.1) is 11.3 Å².